The van der Waals surface area contributed by atoms with Gasteiger partial charge in [-0.1, -0.05) is 147 Å². The fourth-order valence-electron chi connectivity index (χ4n) is 8.83. The molecule has 0 amide bonds. The van der Waals surface area contributed by atoms with Gasteiger partial charge in [0, 0.05) is 19.4 Å². The van der Waals surface area contributed by atoms with E-state index in [4.69, 9.17) is 9.47 Å². The van der Waals surface area contributed by atoms with Crippen LogP contribution in [0.3, 0.4) is 0 Å². The molecule has 0 aromatic carbocycles. The Bertz CT molecular complexity index is 1070. The fraction of sp³-hybridized carbons (Fsp3) is 0.897. The summed E-state index contributed by atoms with van der Waals surface area (Å²) in [6.45, 7) is 10.6. The van der Waals surface area contributed by atoms with E-state index in [0.717, 1.165) is 116 Å². The minimum atomic E-state index is -0.373. The molecule has 0 radical (unpaired) electrons. The van der Waals surface area contributed by atoms with Crippen LogP contribution in [0.25, 0.3) is 0 Å². The van der Waals surface area contributed by atoms with Crippen molar-refractivity contribution in [2.45, 2.75) is 258 Å². The van der Waals surface area contributed by atoms with Crippen LogP contribution in [0.15, 0.2) is 24.3 Å². The van der Waals surface area contributed by atoms with Crippen molar-refractivity contribution >= 4 is 11.9 Å². The molecule has 2 unspecified atom stereocenters. The maximum Gasteiger partial charge on any atom is 0.305 e. The van der Waals surface area contributed by atoms with Crippen molar-refractivity contribution in [2.24, 2.45) is 5.92 Å². The monoisotopic (exact) mass is 932 g/mol. The predicted octanol–water partition coefficient (Wildman–Crippen LogP) is 15.1. The van der Waals surface area contributed by atoms with Gasteiger partial charge in [-0.15, -0.1) is 0 Å². The molecule has 0 aliphatic carbocycles. The molecule has 390 valence electrons. The Hall–Kier alpha value is -1.74. The molecular weight excluding hydrogens is 819 g/mol. The van der Waals surface area contributed by atoms with Crippen LogP contribution in [-0.4, -0.2) is 112 Å². The van der Waals surface area contributed by atoms with Crippen LogP contribution in [0, 0.1) is 5.92 Å². The second kappa shape index (κ2) is 51.1. The van der Waals surface area contributed by atoms with E-state index in [1.807, 2.05) is 0 Å². The Morgan fingerprint density at radius 3 is 1.18 bits per heavy atom. The van der Waals surface area contributed by atoms with Crippen molar-refractivity contribution in [1.29, 1.82) is 0 Å². The topological polar surface area (TPSA) is 82.5 Å². The molecule has 2 atom stereocenters. The van der Waals surface area contributed by atoms with Crippen molar-refractivity contribution in [3.05, 3.63) is 24.3 Å². The zero-order valence-electron chi connectivity index (χ0n) is 45.0. The normalized spacial score (nSPS) is 13.0. The first-order valence-electron chi connectivity index (χ1n) is 28.5. The van der Waals surface area contributed by atoms with Crippen LogP contribution in [0.1, 0.15) is 251 Å². The van der Waals surface area contributed by atoms with E-state index in [1.165, 1.54) is 141 Å². The van der Waals surface area contributed by atoms with Crippen molar-refractivity contribution in [2.75, 3.05) is 74.1 Å². The number of esters is 2. The van der Waals surface area contributed by atoms with Gasteiger partial charge in [0.25, 0.3) is 0 Å². The average Bonchev–Trinajstić information content (AvgIpc) is 3.29. The molecule has 0 aliphatic heterocycles. The molecule has 0 aliphatic rings. The number of unbranched alkanes of at least 4 members (excludes halogenated alkanes) is 25. The van der Waals surface area contributed by atoms with Gasteiger partial charge in [-0.05, 0) is 176 Å². The summed E-state index contributed by atoms with van der Waals surface area (Å²) in [5, 5.41) is 11.6. The third-order valence-corrected chi connectivity index (χ3v) is 13.1. The summed E-state index contributed by atoms with van der Waals surface area (Å²) < 4.78 is 11.2. The molecule has 66 heavy (non-hydrogen) atoms. The lowest BCUT2D eigenvalue weighted by molar-refractivity contribution is -0.144. The number of allylic oxidation sites excluding steroid dienone is 4. The largest absolute Gasteiger partial charge is 0.466 e. The highest BCUT2D eigenvalue weighted by atomic mass is 16.5. The van der Waals surface area contributed by atoms with Gasteiger partial charge in [-0.25, -0.2) is 0 Å². The summed E-state index contributed by atoms with van der Waals surface area (Å²) in [6, 6.07) is 0. The van der Waals surface area contributed by atoms with Gasteiger partial charge >= 0.3 is 11.9 Å². The van der Waals surface area contributed by atoms with E-state index in [0.29, 0.717) is 26.1 Å². The van der Waals surface area contributed by atoms with E-state index < -0.39 is 0 Å². The summed E-state index contributed by atoms with van der Waals surface area (Å²) in [5.41, 5.74) is 0. The van der Waals surface area contributed by atoms with Gasteiger partial charge in [0.15, 0.2) is 0 Å². The summed E-state index contributed by atoms with van der Waals surface area (Å²) in [5.74, 6) is 0.0513. The van der Waals surface area contributed by atoms with Gasteiger partial charge in [0.05, 0.1) is 19.3 Å². The molecule has 0 bridgehead atoms. The summed E-state index contributed by atoms with van der Waals surface area (Å²) in [7, 11) is 8.54. The standard InChI is InChI=1S/C58H113N3O5/c1-7-9-11-13-15-17-19-21-23-25-27-29-31-33-37-46-57(63)65-52-40-35-36-45-56(62)55(54-61(50-42-48-59(3)4)51-43-49-60(5)6)44-39-41-53-66-58(64)47-38-34-32-30-28-26-24-22-20-18-16-14-12-10-8-2/h21-24,55-56,62H,7-20,25-54H2,1-6H3/b23-21-,24-22-. The molecule has 0 rings (SSSR count). The number of ether oxygens (including phenoxy) is 2. The van der Waals surface area contributed by atoms with Crippen LogP contribution in [0.2, 0.25) is 0 Å². The Labute approximate surface area is 411 Å². The molecule has 0 aromatic rings. The van der Waals surface area contributed by atoms with Crippen molar-refractivity contribution in [1.82, 2.24) is 14.7 Å². The molecule has 1 N–H and O–H groups in total. The number of aliphatic hydroxyl groups excluding tert-OH is 1. The van der Waals surface area contributed by atoms with E-state index in [9.17, 15) is 14.7 Å². The fourth-order valence-corrected chi connectivity index (χ4v) is 8.83. The second-order valence-corrected chi connectivity index (χ2v) is 20.4. The average molecular weight is 933 g/mol. The molecule has 0 saturated carbocycles. The zero-order valence-corrected chi connectivity index (χ0v) is 45.0. The van der Waals surface area contributed by atoms with E-state index >= 15 is 0 Å². The highest BCUT2D eigenvalue weighted by Gasteiger charge is 2.22. The van der Waals surface area contributed by atoms with Crippen LogP contribution in [0.5, 0.6) is 0 Å². The molecule has 0 spiro atoms. The number of carbonyl (C=O) groups is 2. The molecule has 8 heteroatoms. The highest BCUT2D eigenvalue weighted by molar-refractivity contribution is 5.69. The maximum absolute atomic E-state index is 12.5. The first kappa shape index (κ1) is 64.3. The third kappa shape index (κ3) is 48.7. The Morgan fingerprint density at radius 2 is 0.773 bits per heavy atom. The first-order chi connectivity index (χ1) is 32.2. The van der Waals surface area contributed by atoms with Gasteiger partial charge in [0.2, 0.25) is 0 Å². The van der Waals surface area contributed by atoms with Crippen LogP contribution in [-0.2, 0) is 19.1 Å². The van der Waals surface area contributed by atoms with Crippen LogP contribution < -0.4 is 0 Å². The second-order valence-electron chi connectivity index (χ2n) is 20.4. The van der Waals surface area contributed by atoms with Crippen LogP contribution >= 0.6 is 0 Å². The van der Waals surface area contributed by atoms with Gasteiger partial charge in [-0.3, -0.25) is 9.59 Å². The molecule has 0 aromatic heterocycles. The van der Waals surface area contributed by atoms with E-state index in [2.05, 4.69) is 81.0 Å². The number of aliphatic hydroxyl groups is 1. The Kier molecular flexibility index (Phi) is 49.8. The number of rotatable bonds is 52. The number of hydrogen-bond acceptors (Lipinski definition) is 8. The first-order valence-corrected chi connectivity index (χ1v) is 28.5. The summed E-state index contributed by atoms with van der Waals surface area (Å²) in [6.07, 6.45) is 51.1. The quantitative estimate of drug-likeness (QED) is 0.0367. The van der Waals surface area contributed by atoms with Gasteiger partial charge in [0.1, 0.15) is 0 Å². The number of nitrogens with zero attached hydrogens (tertiary/aromatic N) is 3. The minimum absolute atomic E-state index is 0.0640. The Balaban J connectivity index is 4.47. The van der Waals surface area contributed by atoms with Crippen molar-refractivity contribution < 1.29 is 24.2 Å². The van der Waals surface area contributed by atoms with Gasteiger partial charge < -0.3 is 29.3 Å². The predicted molar refractivity (Wildman–Crippen MR) is 285 cm³/mol. The maximum atomic E-state index is 12.5. The minimum Gasteiger partial charge on any atom is -0.466 e. The lowest BCUT2D eigenvalue weighted by Gasteiger charge is -2.31. The number of hydrogen-bond donors (Lipinski definition) is 1. The molecular formula is C58H113N3O5. The third-order valence-electron chi connectivity index (χ3n) is 13.1. The molecule has 0 heterocycles. The van der Waals surface area contributed by atoms with Crippen molar-refractivity contribution in [3.63, 3.8) is 0 Å². The Morgan fingerprint density at radius 1 is 0.424 bits per heavy atom. The van der Waals surface area contributed by atoms with Crippen LogP contribution in [0.4, 0.5) is 0 Å². The summed E-state index contributed by atoms with van der Waals surface area (Å²) >= 11 is 0. The van der Waals surface area contributed by atoms with E-state index in [1.54, 1.807) is 0 Å². The van der Waals surface area contributed by atoms with Crippen molar-refractivity contribution in [3.8, 4) is 0 Å². The SMILES string of the molecule is CCCCCCCC/C=C\CCCCCCCC(=O)OCCCCCC(O)C(CCCCOC(=O)CCCCCCC/C=C\CCCCCCCC)CN(CCCN(C)C)CCCN(C)C. The van der Waals surface area contributed by atoms with Gasteiger partial charge in [-0.2, -0.15) is 0 Å². The highest BCUT2D eigenvalue weighted by Crippen LogP contribution is 2.21. The van der Waals surface area contributed by atoms with E-state index in [-0.39, 0.29) is 24.0 Å². The smallest absolute Gasteiger partial charge is 0.305 e. The molecule has 0 fully saturated rings. The number of carbonyl (C=O) groups excluding carboxylic acids is 2. The molecule has 8 nitrogen and oxygen atoms in total. The summed E-state index contributed by atoms with van der Waals surface area (Å²) in [4.78, 5) is 31.9. The lowest BCUT2D eigenvalue weighted by Crippen LogP contribution is -2.38. The zero-order chi connectivity index (χ0) is 48.4. The lowest BCUT2D eigenvalue weighted by atomic mass is 9.91. The molecule has 0 saturated heterocycles.